The number of nitrogens with zero attached hydrogens (tertiary/aromatic N) is 8. The Hall–Kier alpha value is -7.81. The summed E-state index contributed by atoms with van der Waals surface area (Å²) in [5.74, 6) is 5.23. The van der Waals surface area contributed by atoms with Gasteiger partial charge in [-0.3, -0.25) is 28.2 Å². The van der Waals surface area contributed by atoms with Crippen LogP contribution in [0.15, 0.2) is 163 Å². The van der Waals surface area contributed by atoms with Gasteiger partial charge in [-0.25, -0.2) is 9.47 Å². The summed E-state index contributed by atoms with van der Waals surface area (Å²) in [4.78, 5) is 18.5. The highest BCUT2D eigenvalue weighted by Gasteiger charge is 2.36. The molecule has 0 saturated carbocycles. The lowest BCUT2D eigenvalue weighted by Gasteiger charge is -2.38. The molecule has 0 amide bonds. The molecule has 9 aromatic rings. The SMILES string of the molecule is Cc1cc(C)c2c(c1)C[N+](C)(c1ccccn1)CO2.Cc1cc(C)c2c(c1)C[N+](C)(c1cccnc1)CO2.Cc1cc(C)c2c(c1)C[N+](C)(c1ccncc1)CO2.Cc1cc(C)c2c(c1)SN(c1cccc3cccnc13)CO2. The van der Waals surface area contributed by atoms with Crippen LogP contribution in [0.2, 0.25) is 0 Å². The van der Waals surface area contributed by atoms with Gasteiger partial charge in [0.1, 0.15) is 48.3 Å². The standard InChI is InChI=1S/C18H16N2OS.3C16H19N2O/c1-12-9-13(2)18-16(10-12)22-20(11-21-18)15-7-3-5-14-6-4-8-19-17(14)15;1-12-8-13(2)16-14(9-12)10-18(3,11-19-16)15-4-6-17-7-5-15;1-12-7-13(2)16-14(8-12)10-18(3,11-19-16)15-5-4-6-17-9-15;1-12-8-13(2)16-14(9-12)10-18(3,11-19-16)15-6-4-5-7-17-15/h3-10H,11H2,1-2H3;3*4-9H,10-11H2,1-3H3/q;3*+1. The van der Waals surface area contributed by atoms with Crippen LogP contribution in [0.4, 0.5) is 22.9 Å². The van der Waals surface area contributed by atoms with Gasteiger partial charge in [0, 0.05) is 77.3 Å². The fraction of sp³-hybridized carbons (Fsp3) is 0.273. The van der Waals surface area contributed by atoms with Gasteiger partial charge in [0.25, 0.3) is 0 Å². The van der Waals surface area contributed by atoms with Gasteiger partial charge in [-0.1, -0.05) is 65.2 Å². The van der Waals surface area contributed by atoms with Crippen molar-refractivity contribution < 1.29 is 18.9 Å². The van der Waals surface area contributed by atoms with Gasteiger partial charge < -0.3 is 18.9 Å². The molecule has 0 fully saturated rings. The number of para-hydroxylation sites is 1. The number of anilines is 1. The molecule has 4 aliphatic rings. The highest BCUT2D eigenvalue weighted by molar-refractivity contribution is 8.00. The van der Waals surface area contributed by atoms with Crippen LogP contribution in [0, 0.1) is 55.4 Å². The van der Waals surface area contributed by atoms with E-state index in [1.807, 2.05) is 61.4 Å². The lowest BCUT2D eigenvalue weighted by molar-refractivity contribution is 0.120. The van der Waals surface area contributed by atoms with Crippen molar-refractivity contribution in [2.24, 2.45) is 0 Å². The minimum Gasteiger partial charge on any atom is -0.471 e. The average molecular weight is 1070 g/mol. The van der Waals surface area contributed by atoms with Crippen molar-refractivity contribution in [2.75, 3.05) is 52.4 Å². The number of pyridine rings is 4. The van der Waals surface area contributed by atoms with Gasteiger partial charge in [-0.15, -0.1) is 0 Å². The van der Waals surface area contributed by atoms with Gasteiger partial charge in [-0.2, -0.15) is 0 Å². The van der Waals surface area contributed by atoms with Gasteiger partial charge in [-0.05, 0) is 144 Å². The highest BCUT2D eigenvalue weighted by atomic mass is 32.2. The summed E-state index contributed by atoms with van der Waals surface area (Å²) in [7, 11) is 6.57. The maximum absolute atomic E-state index is 6.03. The summed E-state index contributed by atoms with van der Waals surface area (Å²) in [5, 5.41) is 1.15. The van der Waals surface area contributed by atoms with E-state index in [0.717, 1.165) is 78.9 Å². The molecular weight excluding hydrogens is 1000 g/mol. The van der Waals surface area contributed by atoms with E-state index in [0.29, 0.717) is 31.4 Å². The number of quaternary nitrogens is 3. The van der Waals surface area contributed by atoms with E-state index in [1.165, 1.54) is 72.6 Å². The predicted molar refractivity (Wildman–Crippen MR) is 323 cm³/mol. The lowest BCUT2D eigenvalue weighted by atomic mass is 10.0. The van der Waals surface area contributed by atoms with Crippen LogP contribution in [0.25, 0.3) is 10.9 Å². The number of hydrogen-bond acceptors (Lipinski definition) is 10. The van der Waals surface area contributed by atoms with Gasteiger partial charge in [0.15, 0.2) is 12.4 Å². The molecule has 0 saturated heterocycles. The molecule has 8 heterocycles. The van der Waals surface area contributed by atoms with Crippen molar-refractivity contribution in [3.05, 3.63) is 220 Å². The summed E-state index contributed by atoms with van der Waals surface area (Å²) in [6.45, 7) is 22.3. The Morgan fingerprint density at radius 1 is 0.443 bits per heavy atom. The zero-order valence-corrected chi connectivity index (χ0v) is 48.4. The summed E-state index contributed by atoms with van der Waals surface area (Å²) in [6, 6.07) is 42.1. The molecule has 3 atom stereocenters. The minimum atomic E-state index is 0.525. The molecule has 0 N–H and O–H groups in total. The highest BCUT2D eigenvalue weighted by Crippen LogP contribution is 2.43. The first kappa shape index (κ1) is 54.5. The van der Waals surface area contributed by atoms with E-state index in [1.54, 1.807) is 11.9 Å². The summed E-state index contributed by atoms with van der Waals surface area (Å²) in [5.41, 5.74) is 18.4. The van der Waals surface area contributed by atoms with Crippen molar-refractivity contribution in [1.29, 1.82) is 0 Å². The first-order valence-corrected chi connectivity index (χ1v) is 27.7. The second kappa shape index (κ2) is 22.9. The van der Waals surface area contributed by atoms with Crippen molar-refractivity contribution in [3.63, 3.8) is 0 Å². The van der Waals surface area contributed by atoms with Crippen LogP contribution < -0.4 is 36.7 Å². The monoisotopic (exact) mass is 1070 g/mol. The van der Waals surface area contributed by atoms with E-state index < -0.39 is 0 Å². The maximum atomic E-state index is 6.03. The number of aromatic nitrogens is 4. The predicted octanol–water partition coefficient (Wildman–Crippen LogP) is 14.3. The first-order chi connectivity index (χ1) is 38.0. The number of ether oxygens (including phenoxy) is 4. The van der Waals surface area contributed by atoms with Crippen LogP contribution in [0.5, 0.6) is 23.0 Å². The summed E-state index contributed by atoms with van der Waals surface area (Å²) >= 11 is 1.72. The van der Waals surface area contributed by atoms with Crippen molar-refractivity contribution in [1.82, 2.24) is 33.4 Å². The molecule has 0 bridgehead atoms. The third kappa shape index (κ3) is 12.0. The number of benzene rings is 5. The molecule has 79 heavy (non-hydrogen) atoms. The topological polar surface area (TPSA) is 91.7 Å². The number of fused-ring (bicyclic) bond motifs is 5. The van der Waals surface area contributed by atoms with Crippen LogP contribution in [0.3, 0.4) is 0 Å². The maximum Gasteiger partial charge on any atom is 0.230 e. The Kier molecular flexibility index (Phi) is 15.8. The Labute approximate surface area is 470 Å². The number of aryl methyl sites for hydroxylation is 8. The van der Waals surface area contributed by atoms with Crippen LogP contribution in [-0.4, -0.2) is 68.0 Å². The second-order valence-corrected chi connectivity index (χ2v) is 23.4. The second-order valence-electron chi connectivity index (χ2n) is 22.3. The molecule has 3 unspecified atom stereocenters. The van der Waals surface area contributed by atoms with Gasteiger partial charge in [0.2, 0.25) is 26.0 Å². The molecule has 0 radical (unpaired) electrons. The average Bonchev–Trinajstić information content (AvgIpc) is 3.49. The smallest absolute Gasteiger partial charge is 0.230 e. The van der Waals surface area contributed by atoms with Crippen molar-refractivity contribution in [2.45, 2.75) is 79.9 Å². The molecule has 0 aliphatic carbocycles. The van der Waals surface area contributed by atoms with E-state index in [2.05, 4.69) is 198 Å². The molecule has 0 spiro atoms. The largest absolute Gasteiger partial charge is 0.471 e. The van der Waals surface area contributed by atoms with E-state index in [-0.39, 0.29) is 0 Å². The van der Waals surface area contributed by atoms with Crippen LogP contribution in [-0.2, 0) is 19.6 Å². The molecule has 4 aromatic heterocycles. The molecule has 13 rings (SSSR count). The fourth-order valence-corrected chi connectivity index (χ4v) is 12.5. The number of rotatable bonds is 4. The first-order valence-electron chi connectivity index (χ1n) is 27.0. The quantitative estimate of drug-likeness (QED) is 0.125. The Morgan fingerprint density at radius 2 is 0.962 bits per heavy atom. The lowest BCUT2D eigenvalue weighted by Crippen LogP contribution is -2.50. The Balaban J connectivity index is 0.000000119. The van der Waals surface area contributed by atoms with E-state index in [9.17, 15) is 0 Å². The molecule has 404 valence electrons. The van der Waals surface area contributed by atoms with Crippen LogP contribution >= 0.6 is 11.9 Å². The van der Waals surface area contributed by atoms with Gasteiger partial charge >= 0.3 is 0 Å². The Bertz CT molecular complexity index is 3380. The van der Waals surface area contributed by atoms with E-state index in [4.69, 9.17) is 18.9 Å². The molecule has 12 nitrogen and oxygen atoms in total. The Morgan fingerprint density at radius 3 is 1.53 bits per heavy atom. The third-order valence-electron chi connectivity index (χ3n) is 15.1. The molecule has 4 aliphatic heterocycles. The molecule has 5 aromatic carbocycles. The molecule has 13 heteroatoms. The van der Waals surface area contributed by atoms with Crippen molar-refractivity contribution >= 4 is 45.7 Å². The van der Waals surface area contributed by atoms with Crippen molar-refractivity contribution in [3.8, 4) is 23.0 Å². The normalized spacial score (nSPS) is 19.5. The molecular formula is C66H73N8O4S+3. The third-order valence-corrected chi connectivity index (χ3v) is 16.1. The summed E-state index contributed by atoms with van der Waals surface area (Å²) < 4.78 is 28.4. The zero-order chi connectivity index (χ0) is 55.5. The van der Waals surface area contributed by atoms with Crippen LogP contribution in [0.1, 0.15) is 61.2 Å². The van der Waals surface area contributed by atoms with Gasteiger partial charge in [0.05, 0.1) is 43.4 Å². The van der Waals surface area contributed by atoms with E-state index >= 15 is 0 Å². The summed E-state index contributed by atoms with van der Waals surface area (Å²) in [6.07, 6.45) is 11.1. The minimum absolute atomic E-state index is 0.525. The number of hydrogen-bond donors (Lipinski definition) is 0. The fourth-order valence-electron chi connectivity index (χ4n) is 11.4. The zero-order valence-electron chi connectivity index (χ0n) is 47.6.